The molecule has 128 valence electrons. The Balaban J connectivity index is 0.00000208. The van der Waals surface area contributed by atoms with Gasteiger partial charge in [-0.25, -0.2) is 0 Å². The van der Waals surface area contributed by atoms with E-state index in [1.165, 1.54) is 0 Å². The molecule has 0 atom stereocenters. The fourth-order valence-electron chi connectivity index (χ4n) is 2.92. The Kier molecular flexibility index (Phi) is 7.22. The summed E-state index contributed by atoms with van der Waals surface area (Å²) in [6, 6.07) is 16.0. The van der Waals surface area contributed by atoms with Crippen LogP contribution >= 0.6 is 12.4 Å². The molecule has 0 spiro atoms. The van der Waals surface area contributed by atoms with Crippen molar-refractivity contribution in [1.29, 1.82) is 0 Å². The van der Waals surface area contributed by atoms with Crippen molar-refractivity contribution in [2.75, 3.05) is 32.7 Å². The predicted molar refractivity (Wildman–Crippen MR) is 98.4 cm³/mol. The summed E-state index contributed by atoms with van der Waals surface area (Å²) < 4.78 is 0. The maximum absolute atomic E-state index is 12.4. The number of rotatable bonds is 5. The smallest absolute Gasteiger partial charge is 0.227 e. The number of benzene rings is 1. The maximum Gasteiger partial charge on any atom is 0.227 e. The van der Waals surface area contributed by atoms with Crippen LogP contribution in [0.2, 0.25) is 0 Å². The first-order valence-electron chi connectivity index (χ1n) is 8.25. The lowest BCUT2D eigenvalue weighted by atomic mass is 10.1. The van der Waals surface area contributed by atoms with Gasteiger partial charge in [0.2, 0.25) is 5.91 Å². The van der Waals surface area contributed by atoms with Gasteiger partial charge in [0.15, 0.2) is 0 Å². The minimum Gasteiger partial charge on any atom is -0.340 e. The Hall–Kier alpha value is -1.91. The van der Waals surface area contributed by atoms with Crippen LogP contribution in [-0.4, -0.2) is 53.4 Å². The van der Waals surface area contributed by atoms with Gasteiger partial charge in [-0.1, -0.05) is 36.4 Å². The number of hydrogen-bond acceptors (Lipinski definition) is 3. The Morgan fingerprint density at radius 1 is 0.958 bits per heavy atom. The number of piperazine rings is 1. The van der Waals surface area contributed by atoms with Crippen molar-refractivity contribution in [3.63, 3.8) is 0 Å². The SMILES string of the molecule is Cl.O=C(Cc1ccccc1)N1CCN(CCc2ccccn2)CC1. The zero-order valence-corrected chi connectivity index (χ0v) is 14.6. The van der Waals surface area contributed by atoms with Gasteiger partial charge in [-0.3, -0.25) is 14.7 Å². The molecule has 4 nitrogen and oxygen atoms in total. The molecule has 0 unspecified atom stereocenters. The van der Waals surface area contributed by atoms with E-state index in [0.717, 1.165) is 50.4 Å². The van der Waals surface area contributed by atoms with Gasteiger partial charge in [-0.05, 0) is 17.7 Å². The van der Waals surface area contributed by atoms with Gasteiger partial charge in [-0.2, -0.15) is 0 Å². The summed E-state index contributed by atoms with van der Waals surface area (Å²) in [7, 11) is 0. The van der Waals surface area contributed by atoms with Gasteiger partial charge < -0.3 is 4.90 Å². The van der Waals surface area contributed by atoms with E-state index in [2.05, 4.69) is 16.0 Å². The van der Waals surface area contributed by atoms with E-state index < -0.39 is 0 Å². The third-order valence-corrected chi connectivity index (χ3v) is 4.33. The summed E-state index contributed by atoms with van der Waals surface area (Å²) in [6.07, 6.45) is 3.32. The molecule has 1 aliphatic rings. The lowest BCUT2D eigenvalue weighted by Gasteiger charge is -2.34. The number of pyridine rings is 1. The highest BCUT2D eigenvalue weighted by molar-refractivity contribution is 5.85. The van der Waals surface area contributed by atoms with Gasteiger partial charge in [0, 0.05) is 51.0 Å². The first kappa shape index (κ1) is 18.4. The van der Waals surface area contributed by atoms with Crippen LogP contribution in [-0.2, 0) is 17.6 Å². The fourth-order valence-corrected chi connectivity index (χ4v) is 2.92. The quantitative estimate of drug-likeness (QED) is 0.835. The summed E-state index contributed by atoms with van der Waals surface area (Å²) in [4.78, 5) is 21.1. The summed E-state index contributed by atoms with van der Waals surface area (Å²) in [5.41, 5.74) is 2.23. The van der Waals surface area contributed by atoms with Crippen molar-refractivity contribution < 1.29 is 4.79 Å². The molecule has 0 saturated carbocycles. The monoisotopic (exact) mass is 345 g/mol. The van der Waals surface area contributed by atoms with Gasteiger partial charge in [-0.15, -0.1) is 12.4 Å². The molecule has 2 heterocycles. The lowest BCUT2D eigenvalue weighted by molar-refractivity contribution is -0.132. The number of nitrogens with zero attached hydrogens (tertiary/aromatic N) is 3. The Morgan fingerprint density at radius 2 is 1.67 bits per heavy atom. The molecule has 1 aromatic heterocycles. The van der Waals surface area contributed by atoms with Crippen LogP contribution in [0.5, 0.6) is 0 Å². The normalized spacial score (nSPS) is 14.9. The molecule has 1 fully saturated rings. The van der Waals surface area contributed by atoms with E-state index >= 15 is 0 Å². The fraction of sp³-hybridized carbons (Fsp3) is 0.368. The summed E-state index contributed by atoms with van der Waals surface area (Å²) in [5.74, 6) is 0.237. The van der Waals surface area contributed by atoms with Crippen molar-refractivity contribution >= 4 is 18.3 Å². The molecule has 2 aromatic rings. The molecular formula is C19H24ClN3O. The van der Waals surface area contributed by atoms with E-state index in [1.54, 1.807) is 0 Å². The van der Waals surface area contributed by atoms with Crippen molar-refractivity contribution in [2.24, 2.45) is 0 Å². The lowest BCUT2D eigenvalue weighted by Crippen LogP contribution is -2.49. The molecule has 1 aromatic carbocycles. The molecule has 1 amide bonds. The highest BCUT2D eigenvalue weighted by Gasteiger charge is 2.20. The first-order valence-corrected chi connectivity index (χ1v) is 8.25. The average Bonchev–Trinajstić information content (AvgIpc) is 2.62. The number of halogens is 1. The van der Waals surface area contributed by atoms with Crippen molar-refractivity contribution in [1.82, 2.24) is 14.8 Å². The minimum atomic E-state index is 0. The van der Waals surface area contributed by atoms with Crippen molar-refractivity contribution in [3.05, 3.63) is 66.0 Å². The standard InChI is InChI=1S/C19H23N3O.ClH/c23-19(16-17-6-2-1-3-7-17)22-14-12-21(13-15-22)11-9-18-8-4-5-10-20-18;/h1-8,10H,9,11-16H2;1H. The van der Waals surface area contributed by atoms with Gasteiger partial charge in [0.1, 0.15) is 0 Å². The van der Waals surface area contributed by atoms with Crippen LogP contribution in [0.25, 0.3) is 0 Å². The molecule has 0 bridgehead atoms. The van der Waals surface area contributed by atoms with E-state index in [0.29, 0.717) is 6.42 Å². The van der Waals surface area contributed by atoms with Crippen molar-refractivity contribution in [2.45, 2.75) is 12.8 Å². The van der Waals surface area contributed by atoms with Gasteiger partial charge in [0.25, 0.3) is 0 Å². The van der Waals surface area contributed by atoms with Crippen LogP contribution in [0.1, 0.15) is 11.3 Å². The molecule has 1 saturated heterocycles. The van der Waals surface area contributed by atoms with Gasteiger partial charge in [0.05, 0.1) is 6.42 Å². The zero-order valence-electron chi connectivity index (χ0n) is 13.8. The summed E-state index contributed by atoms with van der Waals surface area (Å²) >= 11 is 0. The van der Waals surface area contributed by atoms with Crippen LogP contribution in [0, 0.1) is 0 Å². The minimum absolute atomic E-state index is 0. The number of carbonyl (C=O) groups is 1. The van der Waals surface area contributed by atoms with E-state index in [1.807, 2.05) is 53.6 Å². The molecule has 0 aliphatic carbocycles. The van der Waals surface area contributed by atoms with Crippen molar-refractivity contribution in [3.8, 4) is 0 Å². The molecule has 3 rings (SSSR count). The predicted octanol–water partition coefficient (Wildman–Crippen LogP) is 2.43. The molecule has 0 N–H and O–H groups in total. The highest BCUT2D eigenvalue weighted by Crippen LogP contribution is 2.08. The highest BCUT2D eigenvalue weighted by atomic mass is 35.5. The second-order valence-corrected chi connectivity index (χ2v) is 5.96. The molecule has 1 aliphatic heterocycles. The molecule has 0 radical (unpaired) electrons. The number of amides is 1. The van der Waals surface area contributed by atoms with Gasteiger partial charge >= 0.3 is 0 Å². The summed E-state index contributed by atoms with van der Waals surface area (Å²) in [5, 5.41) is 0. The maximum atomic E-state index is 12.4. The van der Waals surface area contributed by atoms with Crippen LogP contribution < -0.4 is 0 Å². The molecule has 24 heavy (non-hydrogen) atoms. The Morgan fingerprint density at radius 3 is 2.33 bits per heavy atom. The Bertz CT molecular complexity index is 613. The Labute approximate surface area is 149 Å². The van der Waals surface area contributed by atoms with Crippen LogP contribution in [0.3, 0.4) is 0 Å². The largest absolute Gasteiger partial charge is 0.340 e. The third-order valence-electron chi connectivity index (χ3n) is 4.33. The molecular weight excluding hydrogens is 322 g/mol. The third kappa shape index (κ3) is 5.32. The molecule has 5 heteroatoms. The number of aromatic nitrogens is 1. The van der Waals surface area contributed by atoms with E-state index in [4.69, 9.17) is 0 Å². The van der Waals surface area contributed by atoms with Crippen LogP contribution in [0.15, 0.2) is 54.7 Å². The number of carbonyl (C=O) groups excluding carboxylic acids is 1. The zero-order chi connectivity index (χ0) is 15.9. The second kappa shape index (κ2) is 9.40. The summed E-state index contributed by atoms with van der Waals surface area (Å²) in [6.45, 7) is 4.57. The van der Waals surface area contributed by atoms with Crippen LogP contribution in [0.4, 0.5) is 0 Å². The average molecular weight is 346 g/mol. The topological polar surface area (TPSA) is 36.4 Å². The van der Waals surface area contributed by atoms with E-state index in [9.17, 15) is 4.79 Å². The second-order valence-electron chi connectivity index (χ2n) is 5.96. The first-order chi connectivity index (χ1) is 11.3. The number of hydrogen-bond donors (Lipinski definition) is 0. The van der Waals surface area contributed by atoms with E-state index in [-0.39, 0.29) is 18.3 Å².